The van der Waals surface area contributed by atoms with Crippen molar-refractivity contribution < 1.29 is 31.2 Å². The molecule has 0 aliphatic carbocycles. The van der Waals surface area contributed by atoms with E-state index >= 15 is 0 Å². The third kappa shape index (κ3) is 4.02. The standard InChI is InChI=1S/C11H16N6O7P2S/c12-9-6-10(14-2-13-9)17(3-15-6)11-8(24-26)7(23-25)5(22-11)1-21-27(19,20)16-4-18/h2-5,7-8,11H,1,25-26H2,(H,16,18)(H2,12,13,14)/t5-,7-,8-,11-/m1/s1. The number of hydrogen-bond donors (Lipinski definition) is 2. The maximum absolute atomic E-state index is 11.5. The second kappa shape index (κ2) is 8.23. The molecular formula is C11H16N6O7P2S. The van der Waals surface area contributed by atoms with Gasteiger partial charge in [-0.1, -0.05) is 0 Å². The van der Waals surface area contributed by atoms with Gasteiger partial charge in [-0.3, -0.25) is 13.5 Å². The Morgan fingerprint density at radius 3 is 2.70 bits per heavy atom. The number of carbonyl (C=O) groups excluding carboxylic acids is 1. The van der Waals surface area contributed by atoms with Crippen molar-refractivity contribution in [3.63, 3.8) is 0 Å². The smallest absolute Gasteiger partial charge is 0.362 e. The molecule has 0 spiro atoms. The molecule has 27 heavy (non-hydrogen) atoms. The first-order valence-electron chi connectivity index (χ1n) is 7.31. The molecule has 0 aromatic carbocycles. The number of nitrogen functional groups attached to an aromatic ring is 1. The molecule has 1 aliphatic heterocycles. The maximum atomic E-state index is 11.5. The van der Waals surface area contributed by atoms with Crippen molar-refractivity contribution in [3.05, 3.63) is 12.7 Å². The van der Waals surface area contributed by atoms with Gasteiger partial charge in [0.05, 0.1) is 12.9 Å². The van der Waals surface area contributed by atoms with Crippen molar-refractivity contribution >= 4 is 52.6 Å². The van der Waals surface area contributed by atoms with Gasteiger partial charge in [0.2, 0.25) is 6.41 Å². The minimum Gasteiger partial charge on any atom is -0.382 e. The molecule has 2 unspecified atom stereocenters. The van der Waals surface area contributed by atoms with E-state index in [9.17, 15) is 13.2 Å². The summed E-state index contributed by atoms with van der Waals surface area (Å²) in [6.45, 7) is -0.424. The molecule has 16 heteroatoms. The van der Waals surface area contributed by atoms with E-state index in [0.717, 1.165) is 0 Å². The van der Waals surface area contributed by atoms with Gasteiger partial charge >= 0.3 is 10.3 Å². The van der Waals surface area contributed by atoms with E-state index in [2.05, 4.69) is 33.9 Å². The first-order valence-corrected chi connectivity index (χ1v) is 9.66. The molecular weight excluding hydrogens is 422 g/mol. The van der Waals surface area contributed by atoms with E-state index < -0.39 is 41.5 Å². The van der Waals surface area contributed by atoms with Crippen molar-refractivity contribution in [2.75, 3.05) is 12.3 Å². The lowest BCUT2D eigenvalue weighted by Gasteiger charge is -2.21. The van der Waals surface area contributed by atoms with Gasteiger partial charge in [-0.05, 0) is 0 Å². The molecule has 0 radical (unpaired) electrons. The minimum absolute atomic E-state index is 0.00632. The highest BCUT2D eigenvalue weighted by atomic mass is 32.2. The highest BCUT2D eigenvalue weighted by Gasteiger charge is 2.47. The van der Waals surface area contributed by atoms with E-state index in [1.807, 2.05) is 0 Å². The van der Waals surface area contributed by atoms with Gasteiger partial charge in [-0.15, -0.1) is 0 Å². The molecule has 2 aromatic rings. The summed E-state index contributed by atoms with van der Waals surface area (Å²) >= 11 is 0. The summed E-state index contributed by atoms with van der Waals surface area (Å²) in [4.78, 5) is 22.5. The molecule has 6 atom stereocenters. The number of amides is 1. The Kier molecular flexibility index (Phi) is 6.16. The second-order valence-corrected chi connectivity index (χ2v) is 7.25. The lowest BCUT2D eigenvalue weighted by atomic mass is 10.1. The normalized spacial score (nSPS) is 25.7. The molecule has 3 heterocycles. The van der Waals surface area contributed by atoms with Crippen LogP contribution in [0, 0.1) is 0 Å². The molecule has 1 saturated heterocycles. The summed E-state index contributed by atoms with van der Waals surface area (Å²) in [6.07, 6.45) is -0.306. The predicted octanol–water partition coefficient (Wildman–Crippen LogP) is -1.34. The number of nitrogens with zero attached hydrogens (tertiary/aromatic N) is 4. The van der Waals surface area contributed by atoms with E-state index in [4.69, 9.17) is 23.7 Å². The first kappa shape index (κ1) is 20.2. The summed E-state index contributed by atoms with van der Waals surface area (Å²) in [7, 11) is -0.0700. The minimum atomic E-state index is -4.25. The molecule has 3 N–H and O–H groups in total. The average molecular weight is 438 g/mol. The molecule has 0 bridgehead atoms. The van der Waals surface area contributed by atoms with Crippen molar-refractivity contribution in [2.45, 2.75) is 24.5 Å². The number of imidazole rings is 1. The zero-order valence-electron chi connectivity index (χ0n) is 13.5. The van der Waals surface area contributed by atoms with Crippen molar-refractivity contribution in [1.82, 2.24) is 24.2 Å². The fourth-order valence-corrected chi connectivity index (χ4v) is 3.80. The Labute approximate surface area is 158 Å². The summed E-state index contributed by atoms with van der Waals surface area (Å²) in [5, 5.41) is 0. The third-order valence-electron chi connectivity index (χ3n) is 3.84. The lowest BCUT2D eigenvalue weighted by molar-refractivity contribution is -0.108. The number of nitrogens with two attached hydrogens (primary N) is 1. The van der Waals surface area contributed by atoms with Crippen LogP contribution in [0.1, 0.15) is 6.23 Å². The number of ether oxygens (including phenoxy) is 1. The zero-order valence-corrected chi connectivity index (χ0v) is 16.7. The Morgan fingerprint density at radius 2 is 2.04 bits per heavy atom. The van der Waals surface area contributed by atoms with Crippen molar-refractivity contribution in [1.29, 1.82) is 0 Å². The Balaban J connectivity index is 1.87. The van der Waals surface area contributed by atoms with Crippen LogP contribution in [0.15, 0.2) is 12.7 Å². The van der Waals surface area contributed by atoms with Crippen molar-refractivity contribution in [2.24, 2.45) is 0 Å². The van der Waals surface area contributed by atoms with Gasteiger partial charge in [-0.2, -0.15) is 8.42 Å². The molecule has 148 valence electrons. The fourth-order valence-electron chi connectivity index (χ4n) is 2.68. The molecule has 13 nitrogen and oxygen atoms in total. The van der Waals surface area contributed by atoms with Crippen LogP contribution < -0.4 is 10.5 Å². The first-order chi connectivity index (χ1) is 12.9. The van der Waals surface area contributed by atoms with Gasteiger partial charge < -0.3 is 19.5 Å². The summed E-state index contributed by atoms with van der Waals surface area (Å²) in [5.41, 5.74) is 6.57. The number of rotatable bonds is 8. The summed E-state index contributed by atoms with van der Waals surface area (Å²) in [5.74, 6) is 0.199. The van der Waals surface area contributed by atoms with Gasteiger partial charge in [0, 0.05) is 18.9 Å². The van der Waals surface area contributed by atoms with Gasteiger partial charge in [0.25, 0.3) is 0 Å². The van der Waals surface area contributed by atoms with Gasteiger partial charge in [-0.25, -0.2) is 19.7 Å². The largest absolute Gasteiger partial charge is 0.382 e. The Hall–Kier alpha value is -1.53. The summed E-state index contributed by atoms with van der Waals surface area (Å²) in [6, 6.07) is 0. The van der Waals surface area contributed by atoms with E-state index in [-0.39, 0.29) is 12.2 Å². The van der Waals surface area contributed by atoms with Crippen LogP contribution in [0.2, 0.25) is 0 Å². The molecule has 1 aliphatic rings. The molecule has 1 fully saturated rings. The van der Waals surface area contributed by atoms with Crippen LogP contribution in [-0.2, 0) is 33.1 Å². The van der Waals surface area contributed by atoms with Crippen LogP contribution in [-0.4, -0.2) is 59.3 Å². The van der Waals surface area contributed by atoms with Crippen LogP contribution in [0.5, 0.6) is 0 Å². The number of hydrogen-bond acceptors (Lipinski definition) is 11. The molecule has 2 aromatic heterocycles. The maximum Gasteiger partial charge on any atom is 0.362 e. The van der Waals surface area contributed by atoms with Crippen LogP contribution >= 0.6 is 18.9 Å². The monoisotopic (exact) mass is 438 g/mol. The van der Waals surface area contributed by atoms with Gasteiger partial charge in [0.1, 0.15) is 30.2 Å². The van der Waals surface area contributed by atoms with E-state index in [1.165, 1.54) is 12.7 Å². The number of fused-ring (bicyclic) bond motifs is 1. The number of nitrogens with one attached hydrogen (secondary N) is 1. The van der Waals surface area contributed by atoms with Gasteiger partial charge in [0.15, 0.2) is 17.7 Å². The van der Waals surface area contributed by atoms with Crippen molar-refractivity contribution in [3.8, 4) is 0 Å². The topological polar surface area (TPSA) is 170 Å². The quantitative estimate of drug-likeness (QED) is 0.369. The van der Waals surface area contributed by atoms with E-state index in [0.29, 0.717) is 11.2 Å². The van der Waals surface area contributed by atoms with Crippen LogP contribution in [0.25, 0.3) is 11.2 Å². The Morgan fingerprint density at radius 1 is 1.30 bits per heavy atom. The lowest BCUT2D eigenvalue weighted by Crippen LogP contribution is -2.36. The average Bonchev–Trinajstić information content (AvgIpc) is 3.21. The summed E-state index contributed by atoms with van der Waals surface area (Å²) < 4.78 is 47.5. The Bertz CT molecular complexity index is 927. The molecule has 3 rings (SSSR count). The number of carbonyl (C=O) groups is 1. The SMILES string of the molecule is Nc1ncnc2c1ncn2[C@@H]1O[C@H](COS(=O)(=O)NC=O)[C@@H](OP)[C@H]1OP. The van der Waals surface area contributed by atoms with E-state index in [1.54, 1.807) is 9.29 Å². The highest BCUT2D eigenvalue weighted by Crippen LogP contribution is 2.37. The molecule has 1 amide bonds. The predicted molar refractivity (Wildman–Crippen MR) is 96.9 cm³/mol. The highest BCUT2D eigenvalue weighted by molar-refractivity contribution is 7.85. The second-order valence-electron chi connectivity index (χ2n) is 5.32. The zero-order chi connectivity index (χ0) is 19.6. The third-order valence-corrected chi connectivity index (χ3v) is 5.30. The van der Waals surface area contributed by atoms with Crippen LogP contribution in [0.3, 0.4) is 0 Å². The number of aromatic nitrogens is 4. The fraction of sp³-hybridized carbons (Fsp3) is 0.455. The van der Waals surface area contributed by atoms with Crippen LogP contribution in [0.4, 0.5) is 5.82 Å². The number of anilines is 1. The molecule has 0 saturated carbocycles.